The fraction of sp³-hybridized carbons (Fsp3) is 0.958. The zero-order chi connectivity index (χ0) is 19.6. The van der Waals surface area contributed by atoms with Crippen LogP contribution in [0.25, 0.3) is 0 Å². The van der Waals surface area contributed by atoms with Crippen LogP contribution < -0.4 is 0 Å². The van der Waals surface area contributed by atoms with Crippen molar-refractivity contribution >= 4 is 5.91 Å². The zero-order valence-electron chi connectivity index (χ0n) is 18.1. The summed E-state index contributed by atoms with van der Waals surface area (Å²) in [5, 5.41) is 0. The minimum Gasteiger partial charge on any atom is -0.381 e. The molecule has 5 rings (SSSR count). The molecule has 2 saturated heterocycles. The number of carbonyl (C=O) groups excluding carboxylic acids is 1. The van der Waals surface area contributed by atoms with Crippen molar-refractivity contribution in [2.75, 3.05) is 32.9 Å². The van der Waals surface area contributed by atoms with Crippen LogP contribution in [0.1, 0.15) is 77.0 Å². The molecule has 2 heterocycles. The minimum atomic E-state index is 0.248. The molecule has 2 aliphatic heterocycles. The summed E-state index contributed by atoms with van der Waals surface area (Å²) in [4.78, 5) is 17.7. The fourth-order valence-corrected chi connectivity index (χ4v) is 6.39. The lowest BCUT2D eigenvalue weighted by atomic mass is 9.84. The molecule has 0 unspecified atom stereocenters. The zero-order valence-corrected chi connectivity index (χ0v) is 18.1. The van der Waals surface area contributed by atoms with E-state index >= 15 is 0 Å². The van der Waals surface area contributed by atoms with Gasteiger partial charge < -0.3 is 19.3 Å². The molecule has 5 nitrogen and oxygen atoms in total. The number of amides is 1. The molecule has 5 heteroatoms. The number of morpholine rings is 1. The minimum absolute atomic E-state index is 0.248. The Balaban J connectivity index is 1.07. The molecule has 3 aliphatic carbocycles. The van der Waals surface area contributed by atoms with Crippen molar-refractivity contribution in [3.8, 4) is 0 Å². The number of likely N-dealkylation sites (tertiary alicyclic amines) is 1. The Labute approximate surface area is 176 Å². The van der Waals surface area contributed by atoms with Gasteiger partial charge in [-0.25, -0.2) is 0 Å². The molecular formula is C24H40N2O3. The summed E-state index contributed by atoms with van der Waals surface area (Å²) < 4.78 is 11.8. The van der Waals surface area contributed by atoms with Gasteiger partial charge in [0, 0.05) is 38.4 Å². The predicted octanol–water partition coefficient (Wildman–Crippen LogP) is 3.61. The van der Waals surface area contributed by atoms with Gasteiger partial charge in [-0.1, -0.05) is 12.8 Å². The van der Waals surface area contributed by atoms with E-state index in [2.05, 4.69) is 9.80 Å². The maximum Gasteiger partial charge on any atom is 0.249 e. The third-order valence-electron chi connectivity index (χ3n) is 8.36. The highest BCUT2D eigenvalue weighted by molar-refractivity contribution is 5.79. The number of carbonyl (C=O) groups is 1. The van der Waals surface area contributed by atoms with Crippen LogP contribution in [0, 0.1) is 11.8 Å². The van der Waals surface area contributed by atoms with Gasteiger partial charge in [-0.05, 0) is 76.0 Å². The van der Waals surface area contributed by atoms with Gasteiger partial charge in [0.25, 0.3) is 0 Å². The molecule has 0 bridgehead atoms. The number of hydrogen-bond donors (Lipinski definition) is 0. The van der Waals surface area contributed by atoms with Crippen molar-refractivity contribution in [2.45, 2.75) is 101 Å². The number of nitrogens with zero attached hydrogens (tertiary/aromatic N) is 2. The Kier molecular flexibility index (Phi) is 6.45. The maximum atomic E-state index is 12.7. The van der Waals surface area contributed by atoms with E-state index in [1.807, 2.05) is 0 Å². The van der Waals surface area contributed by atoms with Gasteiger partial charge in [-0.15, -0.1) is 0 Å². The average Bonchev–Trinajstić information content (AvgIpc) is 3.59. The summed E-state index contributed by atoms with van der Waals surface area (Å²) in [6.45, 7) is 4.65. The lowest BCUT2D eigenvalue weighted by Gasteiger charge is -2.50. The SMILES string of the molecule is O=C1CO[C@@H]2CCCC[C@H]2N1C1CCN([C@H]2CC[C@H](COCC3CC3)CC2)CC1. The standard InChI is InChI=1S/C24H40N2O3/c27-24-17-29-23-4-2-1-3-22(23)26(24)21-11-13-25(14-12-21)20-9-7-19(8-10-20)16-28-15-18-5-6-18/h18-23H,1-17H2/t19-,20-,22-,23-/m1/s1. The quantitative estimate of drug-likeness (QED) is 0.678. The molecule has 0 aromatic carbocycles. The van der Waals surface area contributed by atoms with Crippen molar-refractivity contribution in [1.29, 1.82) is 0 Å². The van der Waals surface area contributed by atoms with E-state index in [9.17, 15) is 4.79 Å². The molecule has 29 heavy (non-hydrogen) atoms. The Bertz CT molecular complexity index is 550. The van der Waals surface area contributed by atoms with Crippen LogP contribution in [-0.2, 0) is 14.3 Å². The molecule has 5 fully saturated rings. The van der Waals surface area contributed by atoms with E-state index < -0.39 is 0 Å². The summed E-state index contributed by atoms with van der Waals surface area (Å²) >= 11 is 0. The number of piperidine rings is 1. The van der Waals surface area contributed by atoms with Crippen molar-refractivity contribution in [1.82, 2.24) is 9.80 Å². The van der Waals surface area contributed by atoms with E-state index in [0.29, 0.717) is 24.8 Å². The van der Waals surface area contributed by atoms with Gasteiger partial charge in [-0.3, -0.25) is 4.79 Å². The number of ether oxygens (including phenoxy) is 2. The van der Waals surface area contributed by atoms with E-state index in [4.69, 9.17) is 9.47 Å². The largest absolute Gasteiger partial charge is 0.381 e. The Hall–Kier alpha value is -0.650. The molecule has 0 spiro atoms. The van der Waals surface area contributed by atoms with Crippen LogP contribution in [0.5, 0.6) is 0 Å². The van der Waals surface area contributed by atoms with E-state index in [1.54, 1.807) is 0 Å². The summed E-state index contributed by atoms with van der Waals surface area (Å²) in [6, 6.07) is 1.56. The molecule has 5 aliphatic rings. The van der Waals surface area contributed by atoms with E-state index in [-0.39, 0.29) is 5.91 Å². The summed E-state index contributed by atoms with van der Waals surface area (Å²) in [6.07, 6.45) is 15.5. The fourth-order valence-electron chi connectivity index (χ4n) is 6.39. The first-order valence-electron chi connectivity index (χ1n) is 12.5. The molecule has 2 atom stereocenters. The molecule has 0 aromatic heterocycles. The molecule has 0 N–H and O–H groups in total. The van der Waals surface area contributed by atoms with Gasteiger partial charge >= 0.3 is 0 Å². The number of fused-ring (bicyclic) bond motifs is 1. The number of rotatable bonds is 6. The van der Waals surface area contributed by atoms with E-state index in [0.717, 1.165) is 56.8 Å². The van der Waals surface area contributed by atoms with Crippen molar-refractivity contribution in [3.63, 3.8) is 0 Å². The van der Waals surface area contributed by atoms with Crippen molar-refractivity contribution < 1.29 is 14.3 Å². The molecule has 0 aromatic rings. The highest BCUT2D eigenvalue weighted by Gasteiger charge is 2.42. The van der Waals surface area contributed by atoms with Crippen LogP contribution in [0.2, 0.25) is 0 Å². The first-order valence-corrected chi connectivity index (χ1v) is 12.5. The highest BCUT2D eigenvalue weighted by atomic mass is 16.5. The second-order valence-corrected chi connectivity index (χ2v) is 10.4. The highest BCUT2D eigenvalue weighted by Crippen LogP contribution is 2.35. The first kappa shape index (κ1) is 20.3. The van der Waals surface area contributed by atoms with Crippen LogP contribution in [0.4, 0.5) is 0 Å². The van der Waals surface area contributed by atoms with Crippen molar-refractivity contribution in [2.24, 2.45) is 11.8 Å². The summed E-state index contributed by atoms with van der Waals surface area (Å²) in [5.74, 6) is 1.92. The van der Waals surface area contributed by atoms with Gasteiger partial charge in [-0.2, -0.15) is 0 Å². The maximum absolute atomic E-state index is 12.7. The lowest BCUT2D eigenvalue weighted by molar-refractivity contribution is -0.167. The molecule has 164 valence electrons. The van der Waals surface area contributed by atoms with Gasteiger partial charge in [0.05, 0.1) is 12.1 Å². The van der Waals surface area contributed by atoms with Crippen LogP contribution in [-0.4, -0.2) is 72.8 Å². The van der Waals surface area contributed by atoms with Crippen LogP contribution in [0.15, 0.2) is 0 Å². The topological polar surface area (TPSA) is 42.0 Å². The van der Waals surface area contributed by atoms with Gasteiger partial charge in [0.1, 0.15) is 6.61 Å². The molecule has 0 radical (unpaired) electrons. The van der Waals surface area contributed by atoms with Crippen LogP contribution >= 0.6 is 0 Å². The molecule has 1 amide bonds. The first-order chi connectivity index (χ1) is 14.3. The summed E-state index contributed by atoms with van der Waals surface area (Å²) in [5.41, 5.74) is 0. The van der Waals surface area contributed by atoms with E-state index in [1.165, 1.54) is 64.5 Å². The summed E-state index contributed by atoms with van der Waals surface area (Å²) in [7, 11) is 0. The van der Waals surface area contributed by atoms with Crippen LogP contribution in [0.3, 0.4) is 0 Å². The lowest BCUT2D eigenvalue weighted by Crippen LogP contribution is -2.61. The second kappa shape index (κ2) is 9.23. The van der Waals surface area contributed by atoms with Crippen molar-refractivity contribution in [3.05, 3.63) is 0 Å². The third kappa shape index (κ3) is 4.83. The smallest absolute Gasteiger partial charge is 0.249 e. The van der Waals surface area contributed by atoms with Gasteiger partial charge in [0.15, 0.2) is 0 Å². The third-order valence-corrected chi connectivity index (χ3v) is 8.36. The predicted molar refractivity (Wildman–Crippen MR) is 113 cm³/mol. The Morgan fingerprint density at radius 2 is 1.45 bits per heavy atom. The number of hydrogen-bond acceptors (Lipinski definition) is 4. The Morgan fingerprint density at radius 3 is 2.14 bits per heavy atom. The molecular weight excluding hydrogens is 364 g/mol. The Morgan fingerprint density at radius 1 is 0.793 bits per heavy atom. The molecule has 3 saturated carbocycles. The normalized spacial score (nSPS) is 37.5. The van der Waals surface area contributed by atoms with Gasteiger partial charge in [0.2, 0.25) is 5.91 Å². The average molecular weight is 405 g/mol. The monoisotopic (exact) mass is 404 g/mol. The second-order valence-electron chi connectivity index (χ2n) is 10.4.